The van der Waals surface area contributed by atoms with Gasteiger partial charge in [0.05, 0.1) is 19.7 Å². The minimum Gasteiger partial charge on any atom is -0.493 e. The molecule has 1 heterocycles. The van der Waals surface area contributed by atoms with E-state index in [2.05, 4.69) is 20.6 Å². The quantitative estimate of drug-likeness (QED) is 0.334. The number of hydrogen-bond donors (Lipinski definition) is 2. The zero-order chi connectivity index (χ0) is 22.5. The largest absolute Gasteiger partial charge is 0.493 e. The Balaban J connectivity index is 1.53. The van der Waals surface area contributed by atoms with Gasteiger partial charge in [0.15, 0.2) is 11.5 Å². The number of nitrogens with one attached hydrogen (secondary N) is 2. The molecule has 0 unspecified atom stereocenters. The lowest BCUT2D eigenvalue weighted by molar-refractivity contribution is 0.262. The molecule has 4 aromatic rings. The van der Waals surface area contributed by atoms with E-state index in [-0.39, 0.29) is 6.03 Å². The van der Waals surface area contributed by atoms with Crippen molar-refractivity contribution in [2.75, 3.05) is 24.9 Å². The monoisotopic (exact) mass is 466 g/mol. The first kappa shape index (κ1) is 21.7. The topological polar surface area (TPSA) is 85.4 Å². The molecule has 4 rings (SSSR count). The fraction of sp³-hybridized carbons (Fsp3) is 0.0870. The molecule has 3 aromatic carbocycles. The third-order valence-electron chi connectivity index (χ3n) is 4.51. The number of urea groups is 1. The van der Waals surface area contributed by atoms with Crippen LogP contribution in [0, 0.1) is 0 Å². The Kier molecular flexibility index (Phi) is 6.63. The molecule has 32 heavy (non-hydrogen) atoms. The number of halogens is 1. The van der Waals surface area contributed by atoms with Gasteiger partial charge in [-0.3, -0.25) is 0 Å². The van der Waals surface area contributed by atoms with Crippen LogP contribution in [0.15, 0.2) is 76.9 Å². The van der Waals surface area contributed by atoms with Crippen LogP contribution in [0.4, 0.5) is 16.2 Å². The minimum absolute atomic E-state index is 0.348. The molecule has 0 atom stereocenters. The molecule has 0 saturated carbocycles. The smallest absolute Gasteiger partial charge is 0.323 e. The van der Waals surface area contributed by atoms with Crippen molar-refractivity contribution < 1.29 is 14.3 Å². The van der Waals surface area contributed by atoms with E-state index in [1.54, 1.807) is 38.5 Å². The number of rotatable bonds is 6. The summed E-state index contributed by atoms with van der Waals surface area (Å²) < 4.78 is 10.8. The number of benzene rings is 3. The van der Waals surface area contributed by atoms with E-state index >= 15 is 0 Å². The van der Waals surface area contributed by atoms with Gasteiger partial charge in [-0.1, -0.05) is 29.4 Å². The van der Waals surface area contributed by atoms with E-state index in [0.29, 0.717) is 27.9 Å². The van der Waals surface area contributed by atoms with Crippen LogP contribution in [0.25, 0.3) is 10.9 Å². The summed E-state index contributed by atoms with van der Waals surface area (Å²) in [6.07, 6.45) is 1.51. The average molecular weight is 467 g/mol. The maximum Gasteiger partial charge on any atom is 0.323 e. The van der Waals surface area contributed by atoms with Crippen LogP contribution in [-0.4, -0.2) is 30.2 Å². The summed E-state index contributed by atoms with van der Waals surface area (Å²) in [6.45, 7) is 0. The van der Waals surface area contributed by atoms with E-state index < -0.39 is 0 Å². The van der Waals surface area contributed by atoms with E-state index in [4.69, 9.17) is 21.1 Å². The third-order valence-corrected chi connectivity index (χ3v) is 5.77. The molecule has 0 bridgehead atoms. The predicted molar refractivity (Wildman–Crippen MR) is 127 cm³/mol. The normalized spacial score (nSPS) is 10.6. The van der Waals surface area contributed by atoms with Crippen molar-refractivity contribution >= 4 is 51.7 Å². The van der Waals surface area contributed by atoms with Crippen molar-refractivity contribution in [1.29, 1.82) is 0 Å². The van der Waals surface area contributed by atoms with Crippen LogP contribution < -0.4 is 20.1 Å². The van der Waals surface area contributed by atoms with Crippen molar-refractivity contribution in [3.05, 3.63) is 72.0 Å². The van der Waals surface area contributed by atoms with Gasteiger partial charge >= 0.3 is 6.03 Å². The summed E-state index contributed by atoms with van der Waals surface area (Å²) in [7, 11) is 3.17. The Morgan fingerprint density at radius 1 is 0.906 bits per heavy atom. The minimum atomic E-state index is -0.348. The summed E-state index contributed by atoms with van der Waals surface area (Å²) in [4.78, 5) is 22.0. The molecule has 0 spiro atoms. The highest BCUT2D eigenvalue weighted by Gasteiger charge is 2.12. The number of aromatic nitrogens is 2. The molecule has 0 radical (unpaired) electrons. The van der Waals surface area contributed by atoms with Gasteiger partial charge in [0.1, 0.15) is 11.4 Å². The molecule has 0 aliphatic heterocycles. The molecule has 2 N–H and O–H groups in total. The molecule has 1 aromatic heterocycles. The highest BCUT2D eigenvalue weighted by atomic mass is 35.5. The number of carbonyl (C=O) groups excluding carboxylic acids is 1. The number of carbonyl (C=O) groups is 1. The van der Waals surface area contributed by atoms with Gasteiger partial charge < -0.3 is 20.1 Å². The second-order valence-electron chi connectivity index (χ2n) is 6.62. The zero-order valence-electron chi connectivity index (χ0n) is 17.3. The molecule has 9 heteroatoms. The van der Waals surface area contributed by atoms with Gasteiger partial charge in [0.2, 0.25) is 0 Å². The number of fused-ring (bicyclic) bond motifs is 1. The van der Waals surface area contributed by atoms with E-state index in [0.717, 1.165) is 20.8 Å². The molecule has 162 valence electrons. The van der Waals surface area contributed by atoms with E-state index in [1.807, 2.05) is 36.4 Å². The zero-order valence-corrected chi connectivity index (χ0v) is 18.8. The van der Waals surface area contributed by atoms with Crippen LogP contribution in [0.5, 0.6) is 11.5 Å². The number of ether oxygens (including phenoxy) is 2. The number of amides is 2. The van der Waals surface area contributed by atoms with Crippen LogP contribution in [0.2, 0.25) is 5.02 Å². The molecule has 0 saturated heterocycles. The number of hydrogen-bond acceptors (Lipinski definition) is 6. The van der Waals surface area contributed by atoms with Gasteiger partial charge in [-0.15, -0.1) is 0 Å². The fourth-order valence-electron chi connectivity index (χ4n) is 3.02. The van der Waals surface area contributed by atoms with Gasteiger partial charge in [-0.25, -0.2) is 14.8 Å². The average Bonchev–Trinajstić information content (AvgIpc) is 2.80. The standard InChI is InChI=1S/C23H19ClN4O3S/c1-30-20-11-18-19(12-21(20)31-2)25-13-26-22(18)32-17-5-3-4-16(10-17)28-23(29)27-15-8-6-14(24)7-9-15/h3-13H,1-2H3,(H2,27,28,29). The second kappa shape index (κ2) is 9.76. The molecule has 0 aliphatic rings. The predicted octanol–water partition coefficient (Wildman–Crippen LogP) is 6.10. The fourth-order valence-corrected chi connectivity index (χ4v) is 4.07. The first-order chi connectivity index (χ1) is 15.6. The first-order valence-corrected chi connectivity index (χ1v) is 10.7. The highest BCUT2D eigenvalue weighted by molar-refractivity contribution is 7.99. The molecule has 2 amide bonds. The van der Waals surface area contributed by atoms with Crippen molar-refractivity contribution in [3.8, 4) is 11.5 Å². The molecule has 0 aliphatic carbocycles. The summed E-state index contributed by atoms with van der Waals surface area (Å²) >= 11 is 7.34. The van der Waals surface area contributed by atoms with Gasteiger partial charge in [0.25, 0.3) is 0 Å². The van der Waals surface area contributed by atoms with Gasteiger partial charge in [-0.05, 0) is 48.5 Å². The van der Waals surface area contributed by atoms with E-state index in [9.17, 15) is 4.79 Å². The Hall–Kier alpha value is -3.49. The molecular formula is C23H19ClN4O3S. The van der Waals surface area contributed by atoms with Crippen molar-refractivity contribution in [2.24, 2.45) is 0 Å². The Labute approximate surface area is 194 Å². The maximum atomic E-state index is 12.3. The lowest BCUT2D eigenvalue weighted by Gasteiger charge is -2.11. The summed E-state index contributed by atoms with van der Waals surface area (Å²) in [5, 5.41) is 7.82. The lowest BCUT2D eigenvalue weighted by Crippen LogP contribution is -2.19. The van der Waals surface area contributed by atoms with Crippen LogP contribution in [0.3, 0.4) is 0 Å². The van der Waals surface area contributed by atoms with Crippen molar-refractivity contribution in [1.82, 2.24) is 9.97 Å². The molecule has 0 fully saturated rings. The van der Waals surface area contributed by atoms with Gasteiger partial charge in [-0.2, -0.15) is 0 Å². The Morgan fingerprint density at radius 2 is 1.62 bits per heavy atom. The molecular weight excluding hydrogens is 448 g/mol. The Morgan fingerprint density at radius 3 is 2.38 bits per heavy atom. The van der Waals surface area contributed by atoms with Crippen molar-refractivity contribution in [3.63, 3.8) is 0 Å². The number of anilines is 2. The Bertz CT molecular complexity index is 1270. The van der Waals surface area contributed by atoms with Gasteiger partial charge in [0, 0.05) is 32.7 Å². The van der Waals surface area contributed by atoms with Crippen LogP contribution in [-0.2, 0) is 0 Å². The summed E-state index contributed by atoms with van der Waals surface area (Å²) in [5.41, 5.74) is 2.05. The highest BCUT2D eigenvalue weighted by Crippen LogP contribution is 2.37. The third kappa shape index (κ3) is 5.04. The maximum absolute atomic E-state index is 12.3. The first-order valence-electron chi connectivity index (χ1n) is 9.54. The lowest BCUT2D eigenvalue weighted by atomic mass is 10.2. The SMILES string of the molecule is COc1cc2ncnc(Sc3cccc(NC(=O)Nc4ccc(Cl)cc4)c3)c2cc1OC. The van der Waals surface area contributed by atoms with E-state index in [1.165, 1.54) is 18.1 Å². The number of methoxy groups -OCH3 is 2. The summed E-state index contributed by atoms with van der Waals surface area (Å²) in [5.74, 6) is 1.21. The van der Waals surface area contributed by atoms with Crippen LogP contribution >= 0.6 is 23.4 Å². The number of nitrogens with zero attached hydrogens (tertiary/aromatic N) is 2. The summed E-state index contributed by atoms with van der Waals surface area (Å²) in [6, 6.07) is 17.7. The molecule has 7 nitrogen and oxygen atoms in total. The second-order valence-corrected chi connectivity index (χ2v) is 8.12. The van der Waals surface area contributed by atoms with Crippen LogP contribution in [0.1, 0.15) is 0 Å². The van der Waals surface area contributed by atoms with Crippen molar-refractivity contribution in [2.45, 2.75) is 9.92 Å².